The van der Waals surface area contributed by atoms with Gasteiger partial charge in [0.25, 0.3) is 5.56 Å². The lowest BCUT2D eigenvalue weighted by Gasteiger charge is -2.08. The number of rotatable bonds is 2. The number of hydrogen-bond acceptors (Lipinski definition) is 3. The van der Waals surface area contributed by atoms with Crippen LogP contribution >= 0.6 is 0 Å². The minimum Gasteiger partial charge on any atom is -0.482 e. The molecule has 72 valence electrons. The van der Waals surface area contributed by atoms with E-state index in [1.165, 1.54) is 13.2 Å². The van der Waals surface area contributed by atoms with Gasteiger partial charge in [0, 0.05) is 6.04 Å². The zero-order valence-electron chi connectivity index (χ0n) is 7.83. The highest BCUT2D eigenvalue weighted by Crippen LogP contribution is 1.98. The second-order valence-corrected chi connectivity index (χ2v) is 2.94. The minimum absolute atomic E-state index is 0.151. The van der Waals surface area contributed by atoms with Crippen molar-refractivity contribution in [1.29, 1.82) is 0 Å². The maximum Gasteiger partial charge on any atom is 0.331 e. The third kappa shape index (κ3) is 1.80. The molecule has 0 saturated carbocycles. The number of ether oxygens (including phenoxy) is 1. The standard InChI is InChI=1S/C8H12N2O3/c1-5(2)10-7(11)4-6(13-3)9-8(10)12/h4-5H,1-3H3,(H,9,12). The highest BCUT2D eigenvalue weighted by molar-refractivity contribution is 5.06. The Kier molecular flexibility index (Phi) is 2.55. The van der Waals surface area contributed by atoms with Crippen molar-refractivity contribution in [2.45, 2.75) is 19.9 Å². The predicted molar refractivity (Wildman–Crippen MR) is 48.3 cm³/mol. The van der Waals surface area contributed by atoms with Gasteiger partial charge in [0.05, 0.1) is 13.2 Å². The van der Waals surface area contributed by atoms with E-state index in [4.69, 9.17) is 4.74 Å². The van der Waals surface area contributed by atoms with Crippen molar-refractivity contribution >= 4 is 0 Å². The molecule has 1 aromatic rings. The molecule has 0 bridgehead atoms. The smallest absolute Gasteiger partial charge is 0.331 e. The number of hydrogen-bond donors (Lipinski definition) is 1. The Morgan fingerprint density at radius 2 is 2.08 bits per heavy atom. The van der Waals surface area contributed by atoms with Crippen LogP contribution in [0, 0.1) is 0 Å². The third-order valence-corrected chi connectivity index (χ3v) is 1.68. The maximum absolute atomic E-state index is 11.3. The number of nitrogens with one attached hydrogen (secondary N) is 1. The summed E-state index contributed by atoms with van der Waals surface area (Å²) >= 11 is 0. The lowest BCUT2D eigenvalue weighted by molar-refractivity contribution is 0.387. The average Bonchev–Trinajstić information content (AvgIpc) is 2.02. The SMILES string of the molecule is COc1cc(=O)n(C(C)C)c(=O)[nH]1. The van der Waals surface area contributed by atoms with E-state index < -0.39 is 5.69 Å². The number of nitrogens with zero attached hydrogens (tertiary/aromatic N) is 1. The number of methoxy groups -OCH3 is 1. The summed E-state index contributed by atoms with van der Waals surface area (Å²) in [5.41, 5.74) is -0.796. The van der Waals surface area contributed by atoms with E-state index >= 15 is 0 Å². The summed E-state index contributed by atoms with van der Waals surface area (Å²) in [5, 5.41) is 0. The summed E-state index contributed by atoms with van der Waals surface area (Å²) in [6.45, 7) is 3.53. The van der Waals surface area contributed by atoms with Gasteiger partial charge in [-0.3, -0.25) is 14.3 Å². The highest BCUT2D eigenvalue weighted by Gasteiger charge is 2.06. The normalized spacial score (nSPS) is 10.5. The predicted octanol–water partition coefficient (Wildman–Crippen LogP) is 0.126. The molecule has 5 heteroatoms. The summed E-state index contributed by atoms with van der Waals surface area (Å²) in [6.07, 6.45) is 0. The van der Waals surface area contributed by atoms with Crippen LogP contribution in [0.25, 0.3) is 0 Å². The first-order chi connectivity index (χ1) is 6.06. The van der Waals surface area contributed by atoms with E-state index in [9.17, 15) is 9.59 Å². The van der Waals surface area contributed by atoms with E-state index in [0.717, 1.165) is 4.57 Å². The van der Waals surface area contributed by atoms with Crippen molar-refractivity contribution < 1.29 is 4.74 Å². The van der Waals surface area contributed by atoms with Crippen LogP contribution in [0.2, 0.25) is 0 Å². The van der Waals surface area contributed by atoms with Gasteiger partial charge in [-0.05, 0) is 13.8 Å². The van der Waals surface area contributed by atoms with E-state index in [0.29, 0.717) is 0 Å². The lowest BCUT2D eigenvalue weighted by Crippen LogP contribution is -2.35. The first-order valence-corrected chi connectivity index (χ1v) is 3.96. The van der Waals surface area contributed by atoms with E-state index in [1.807, 2.05) is 0 Å². The molecule has 0 radical (unpaired) electrons. The second kappa shape index (κ2) is 3.47. The molecule has 1 rings (SSSR count). The van der Waals surface area contributed by atoms with Crippen molar-refractivity contribution in [1.82, 2.24) is 9.55 Å². The van der Waals surface area contributed by atoms with Gasteiger partial charge in [0.2, 0.25) is 0 Å². The Morgan fingerprint density at radius 3 is 2.46 bits per heavy atom. The first-order valence-electron chi connectivity index (χ1n) is 3.96. The van der Waals surface area contributed by atoms with Gasteiger partial charge in [-0.25, -0.2) is 4.79 Å². The molecule has 0 aliphatic rings. The Bertz CT molecular complexity index is 371. The van der Waals surface area contributed by atoms with Crippen molar-refractivity contribution in [2.24, 2.45) is 0 Å². The Labute approximate surface area is 75.0 Å². The zero-order chi connectivity index (χ0) is 10.0. The first kappa shape index (κ1) is 9.57. The van der Waals surface area contributed by atoms with Gasteiger partial charge < -0.3 is 4.74 Å². The molecule has 0 fully saturated rings. The Balaban J connectivity index is 3.41. The molecule has 0 aromatic carbocycles. The van der Waals surface area contributed by atoms with Crippen molar-refractivity contribution in [3.05, 3.63) is 26.9 Å². The number of aromatic amines is 1. The summed E-state index contributed by atoms with van der Waals surface area (Å²) in [5.74, 6) is 0.187. The highest BCUT2D eigenvalue weighted by atomic mass is 16.5. The van der Waals surface area contributed by atoms with Crippen LogP contribution in [0.5, 0.6) is 5.88 Å². The molecule has 0 amide bonds. The fourth-order valence-corrected chi connectivity index (χ4v) is 1.08. The molecule has 1 N–H and O–H groups in total. The Morgan fingerprint density at radius 1 is 1.46 bits per heavy atom. The largest absolute Gasteiger partial charge is 0.482 e. The summed E-state index contributed by atoms with van der Waals surface area (Å²) in [6, 6.07) is 1.10. The molecule has 1 heterocycles. The van der Waals surface area contributed by atoms with Crippen LogP contribution in [0.1, 0.15) is 19.9 Å². The van der Waals surface area contributed by atoms with Gasteiger partial charge >= 0.3 is 5.69 Å². The summed E-state index contributed by atoms with van der Waals surface area (Å²) < 4.78 is 5.87. The topological polar surface area (TPSA) is 64.1 Å². The summed E-state index contributed by atoms with van der Waals surface area (Å²) in [4.78, 5) is 25.0. The van der Waals surface area contributed by atoms with Gasteiger partial charge in [-0.15, -0.1) is 0 Å². The van der Waals surface area contributed by atoms with Crippen LogP contribution < -0.4 is 16.0 Å². The quantitative estimate of drug-likeness (QED) is 0.710. The van der Waals surface area contributed by atoms with Gasteiger partial charge in [0.15, 0.2) is 5.88 Å². The van der Waals surface area contributed by atoms with Crippen molar-refractivity contribution in [2.75, 3.05) is 7.11 Å². The van der Waals surface area contributed by atoms with Crippen LogP contribution in [0.4, 0.5) is 0 Å². The van der Waals surface area contributed by atoms with E-state index in [2.05, 4.69) is 4.98 Å². The summed E-state index contributed by atoms with van der Waals surface area (Å²) in [7, 11) is 1.39. The van der Waals surface area contributed by atoms with Crippen LogP contribution in [0.15, 0.2) is 15.7 Å². The number of aromatic nitrogens is 2. The number of H-pyrrole nitrogens is 1. The molecule has 5 nitrogen and oxygen atoms in total. The third-order valence-electron chi connectivity index (χ3n) is 1.68. The average molecular weight is 184 g/mol. The van der Waals surface area contributed by atoms with Crippen LogP contribution in [-0.2, 0) is 0 Å². The molecule has 0 spiro atoms. The van der Waals surface area contributed by atoms with Crippen LogP contribution in [0.3, 0.4) is 0 Å². The molecule has 0 aliphatic heterocycles. The molecule has 13 heavy (non-hydrogen) atoms. The monoisotopic (exact) mass is 184 g/mol. The van der Waals surface area contributed by atoms with Crippen molar-refractivity contribution in [3.63, 3.8) is 0 Å². The van der Waals surface area contributed by atoms with Crippen molar-refractivity contribution in [3.8, 4) is 5.88 Å². The van der Waals surface area contributed by atoms with E-state index in [-0.39, 0.29) is 17.5 Å². The maximum atomic E-state index is 11.3. The molecule has 0 saturated heterocycles. The molecule has 1 aromatic heterocycles. The lowest BCUT2D eigenvalue weighted by atomic mass is 10.4. The fourth-order valence-electron chi connectivity index (χ4n) is 1.08. The molecular weight excluding hydrogens is 172 g/mol. The molecule has 0 unspecified atom stereocenters. The molecule has 0 aliphatic carbocycles. The Hall–Kier alpha value is -1.52. The second-order valence-electron chi connectivity index (χ2n) is 2.94. The van der Waals surface area contributed by atoms with Gasteiger partial charge in [-0.2, -0.15) is 0 Å². The zero-order valence-corrected chi connectivity index (χ0v) is 7.83. The molecule has 0 atom stereocenters. The fraction of sp³-hybridized carbons (Fsp3) is 0.500. The minimum atomic E-state index is -0.445. The van der Waals surface area contributed by atoms with Gasteiger partial charge in [-0.1, -0.05) is 0 Å². The van der Waals surface area contributed by atoms with Crippen LogP contribution in [-0.4, -0.2) is 16.7 Å². The van der Waals surface area contributed by atoms with E-state index in [1.54, 1.807) is 13.8 Å². The van der Waals surface area contributed by atoms with Gasteiger partial charge in [0.1, 0.15) is 0 Å². The molecular formula is C8H12N2O3.